The first-order chi connectivity index (χ1) is 14.8. The molecule has 0 saturated heterocycles. The van der Waals surface area contributed by atoms with Gasteiger partial charge in [-0.2, -0.15) is 22.0 Å². The Bertz CT molecular complexity index is 949. The van der Waals surface area contributed by atoms with Crippen LogP contribution in [0.5, 0.6) is 17.4 Å². The molecule has 3 rings (SSSR count). The molecule has 0 saturated carbocycles. The average molecular weight is 439 g/mol. The highest BCUT2D eigenvalue weighted by Crippen LogP contribution is 2.36. The summed E-state index contributed by atoms with van der Waals surface area (Å²) < 4.78 is 79.9. The number of nitrogens with zero attached hydrogens (tertiary/aromatic N) is 1. The summed E-state index contributed by atoms with van der Waals surface area (Å²) in [4.78, 5) is 4.22. The highest BCUT2D eigenvalue weighted by atomic mass is 19.4. The van der Waals surface area contributed by atoms with E-state index in [0.717, 1.165) is 24.3 Å². The zero-order valence-electron chi connectivity index (χ0n) is 16.1. The highest BCUT2D eigenvalue weighted by Gasteiger charge is 2.40. The van der Waals surface area contributed by atoms with Crippen molar-refractivity contribution in [2.24, 2.45) is 0 Å². The number of hydrogen-bond acceptors (Lipinski definition) is 4. The van der Waals surface area contributed by atoms with Crippen LogP contribution in [-0.4, -0.2) is 24.4 Å². The highest BCUT2D eigenvalue weighted by molar-refractivity contribution is 5.30. The van der Waals surface area contributed by atoms with Gasteiger partial charge in [0, 0.05) is 6.07 Å². The number of rotatable bonds is 9. The maximum absolute atomic E-state index is 13.5. The Morgan fingerprint density at radius 2 is 1.52 bits per heavy atom. The molecule has 0 N–H and O–H groups in total. The lowest BCUT2D eigenvalue weighted by atomic mass is 9.99. The molecule has 0 aliphatic rings. The number of halogens is 5. The van der Waals surface area contributed by atoms with E-state index in [-0.39, 0.29) is 23.8 Å². The van der Waals surface area contributed by atoms with Crippen LogP contribution in [0.15, 0.2) is 72.8 Å². The summed E-state index contributed by atoms with van der Waals surface area (Å²) in [6.45, 7) is -3.88. The van der Waals surface area contributed by atoms with E-state index in [1.54, 1.807) is 42.5 Å². The van der Waals surface area contributed by atoms with Crippen LogP contribution < -0.4 is 9.47 Å². The van der Waals surface area contributed by atoms with Crippen molar-refractivity contribution < 1.29 is 36.2 Å². The van der Waals surface area contributed by atoms with Gasteiger partial charge in [0.25, 0.3) is 0 Å². The molecule has 0 spiro atoms. The molecule has 164 valence electrons. The van der Waals surface area contributed by atoms with Crippen molar-refractivity contribution in [1.82, 2.24) is 4.98 Å². The van der Waals surface area contributed by atoms with Crippen molar-refractivity contribution in [2.75, 3.05) is 6.61 Å². The molecule has 2 aromatic carbocycles. The number of hydrogen-bond donors (Lipinski definition) is 0. The lowest BCUT2D eigenvalue weighted by molar-refractivity contribution is -0.163. The Morgan fingerprint density at radius 1 is 0.806 bits per heavy atom. The van der Waals surface area contributed by atoms with Crippen LogP contribution >= 0.6 is 0 Å². The Hall–Kier alpha value is -3.20. The van der Waals surface area contributed by atoms with Gasteiger partial charge in [-0.15, -0.1) is 0 Å². The molecule has 1 atom stereocenters. The van der Waals surface area contributed by atoms with Gasteiger partial charge in [0.1, 0.15) is 17.4 Å². The van der Waals surface area contributed by atoms with Crippen molar-refractivity contribution in [1.29, 1.82) is 0 Å². The molecular weight excluding hydrogens is 421 g/mol. The fourth-order valence-electron chi connectivity index (χ4n) is 2.75. The minimum atomic E-state index is -4.59. The molecule has 0 amide bonds. The topological polar surface area (TPSA) is 40.6 Å². The summed E-state index contributed by atoms with van der Waals surface area (Å²) in [5.74, 6) is -1.30. The third-order valence-electron chi connectivity index (χ3n) is 4.18. The van der Waals surface area contributed by atoms with Crippen LogP contribution in [0.4, 0.5) is 22.0 Å². The van der Waals surface area contributed by atoms with Gasteiger partial charge in [-0.25, -0.2) is 4.98 Å². The van der Waals surface area contributed by atoms with E-state index >= 15 is 0 Å². The molecule has 1 unspecified atom stereocenters. The molecule has 0 aliphatic carbocycles. The number of ether oxygens (including phenoxy) is 3. The molecule has 3 aromatic rings. The lowest BCUT2D eigenvalue weighted by Gasteiger charge is -2.21. The fraction of sp³-hybridized carbons (Fsp3) is 0.227. The molecule has 0 bridgehead atoms. The third kappa shape index (κ3) is 6.92. The SMILES string of the molecule is FC(F)Oc1ccc(C(COCc2cccc(Oc3ccccc3)n2)C(F)(F)F)cc1. The maximum Gasteiger partial charge on any atom is 0.397 e. The van der Waals surface area contributed by atoms with E-state index in [1.165, 1.54) is 0 Å². The first-order valence-corrected chi connectivity index (χ1v) is 9.19. The summed E-state index contributed by atoms with van der Waals surface area (Å²) in [6.07, 6.45) is -4.59. The van der Waals surface area contributed by atoms with Crippen LogP contribution in [0, 0.1) is 0 Å². The molecule has 31 heavy (non-hydrogen) atoms. The van der Waals surface area contributed by atoms with E-state index in [1.807, 2.05) is 6.07 Å². The summed E-state index contributed by atoms with van der Waals surface area (Å²) in [6, 6.07) is 18.1. The second-order valence-corrected chi connectivity index (χ2v) is 6.44. The van der Waals surface area contributed by atoms with E-state index in [2.05, 4.69) is 9.72 Å². The summed E-state index contributed by atoms with van der Waals surface area (Å²) in [5.41, 5.74) is 0.276. The van der Waals surface area contributed by atoms with E-state index < -0.39 is 25.3 Å². The van der Waals surface area contributed by atoms with E-state index in [4.69, 9.17) is 9.47 Å². The van der Waals surface area contributed by atoms with Crippen LogP contribution in [0.2, 0.25) is 0 Å². The molecule has 0 aliphatic heterocycles. The molecule has 1 heterocycles. The number of aromatic nitrogens is 1. The second-order valence-electron chi connectivity index (χ2n) is 6.44. The van der Waals surface area contributed by atoms with Crippen molar-refractivity contribution in [3.05, 3.63) is 84.1 Å². The number of alkyl halides is 5. The molecule has 0 radical (unpaired) electrons. The predicted molar refractivity (Wildman–Crippen MR) is 102 cm³/mol. The van der Waals surface area contributed by atoms with Gasteiger partial charge in [0.05, 0.1) is 18.9 Å². The number of para-hydroxylation sites is 1. The Morgan fingerprint density at radius 3 is 2.16 bits per heavy atom. The first-order valence-electron chi connectivity index (χ1n) is 9.19. The van der Waals surface area contributed by atoms with Crippen LogP contribution in [0.1, 0.15) is 17.2 Å². The molecule has 4 nitrogen and oxygen atoms in total. The number of benzene rings is 2. The zero-order valence-corrected chi connectivity index (χ0v) is 16.1. The fourth-order valence-corrected chi connectivity index (χ4v) is 2.75. The lowest BCUT2D eigenvalue weighted by Crippen LogP contribution is -2.25. The van der Waals surface area contributed by atoms with E-state index in [0.29, 0.717) is 11.4 Å². The van der Waals surface area contributed by atoms with Crippen LogP contribution in [0.25, 0.3) is 0 Å². The van der Waals surface area contributed by atoms with Crippen molar-refractivity contribution in [3.8, 4) is 17.4 Å². The van der Waals surface area contributed by atoms with Gasteiger partial charge in [-0.3, -0.25) is 0 Å². The first kappa shape index (κ1) is 22.5. The van der Waals surface area contributed by atoms with Gasteiger partial charge >= 0.3 is 12.8 Å². The minimum absolute atomic E-state index is 0.122. The van der Waals surface area contributed by atoms with Crippen LogP contribution in [0.3, 0.4) is 0 Å². The van der Waals surface area contributed by atoms with Gasteiger partial charge in [0.15, 0.2) is 0 Å². The van der Waals surface area contributed by atoms with E-state index in [9.17, 15) is 22.0 Å². The zero-order chi connectivity index (χ0) is 22.3. The number of pyridine rings is 1. The normalized spacial score (nSPS) is 12.6. The van der Waals surface area contributed by atoms with Gasteiger partial charge in [-0.05, 0) is 35.9 Å². The predicted octanol–water partition coefficient (Wildman–Crippen LogP) is 6.34. The Balaban J connectivity index is 1.62. The Kier molecular flexibility index (Phi) is 7.41. The van der Waals surface area contributed by atoms with Gasteiger partial charge in [0.2, 0.25) is 5.88 Å². The average Bonchev–Trinajstić information content (AvgIpc) is 2.72. The monoisotopic (exact) mass is 439 g/mol. The summed E-state index contributed by atoms with van der Waals surface area (Å²) >= 11 is 0. The summed E-state index contributed by atoms with van der Waals surface area (Å²) in [7, 11) is 0. The standard InChI is InChI=1S/C22H18F5NO3/c23-21(24)31-18-11-9-15(10-12-18)19(22(25,26)27)14-29-13-16-5-4-8-20(28-16)30-17-6-2-1-3-7-17/h1-12,19,21H,13-14H2. The maximum atomic E-state index is 13.5. The van der Waals surface area contributed by atoms with Crippen LogP contribution in [-0.2, 0) is 11.3 Å². The second kappa shape index (κ2) is 10.2. The van der Waals surface area contributed by atoms with Crippen molar-refractivity contribution in [3.63, 3.8) is 0 Å². The minimum Gasteiger partial charge on any atom is -0.439 e. The Labute approximate surface area is 175 Å². The quantitative estimate of drug-likeness (QED) is 0.365. The van der Waals surface area contributed by atoms with Gasteiger partial charge in [-0.1, -0.05) is 36.4 Å². The smallest absolute Gasteiger partial charge is 0.397 e. The third-order valence-corrected chi connectivity index (χ3v) is 4.18. The molecule has 0 fully saturated rings. The summed E-state index contributed by atoms with van der Waals surface area (Å²) in [5, 5.41) is 0. The molecule has 1 aromatic heterocycles. The van der Waals surface area contributed by atoms with Gasteiger partial charge < -0.3 is 14.2 Å². The molecular formula is C22H18F5NO3. The largest absolute Gasteiger partial charge is 0.439 e. The van der Waals surface area contributed by atoms with Crippen molar-refractivity contribution in [2.45, 2.75) is 25.3 Å². The van der Waals surface area contributed by atoms with Crippen molar-refractivity contribution >= 4 is 0 Å². The molecule has 9 heteroatoms.